The van der Waals surface area contributed by atoms with Crippen LogP contribution in [0.25, 0.3) is 0 Å². The molecule has 3 rings (SSSR count). The summed E-state index contributed by atoms with van der Waals surface area (Å²) in [5.41, 5.74) is 6.52. The van der Waals surface area contributed by atoms with Crippen LogP contribution in [0, 0.1) is 23.7 Å². The summed E-state index contributed by atoms with van der Waals surface area (Å²) < 4.78 is 0. The van der Waals surface area contributed by atoms with E-state index in [1.165, 1.54) is 6.07 Å². The first-order valence-electron chi connectivity index (χ1n) is 9.99. The van der Waals surface area contributed by atoms with Gasteiger partial charge >= 0.3 is 0 Å². The van der Waals surface area contributed by atoms with Gasteiger partial charge in [-0.2, -0.15) is 0 Å². The molecule has 1 saturated carbocycles. The van der Waals surface area contributed by atoms with Crippen molar-refractivity contribution in [3.63, 3.8) is 0 Å². The van der Waals surface area contributed by atoms with Crippen LogP contribution in [0.3, 0.4) is 0 Å². The van der Waals surface area contributed by atoms with E-state index in [-0.39, 0.29) is 35.5 Å². The number of anilines is 1. The molecule has 0 heterocycles. The first-order chi connectivity index (χ1) is 14.1. The predicted molar refractivity (Wildman–Crippen MR) is 110 cm³/mol. The molecule has 1 aromatic rings. The topological polar surface area (TPSA) is 141 Å². The lowest BCUT2D eigenvalue weighted by Gasteiger charge is -2.45. The van der Waals surface area contributed by atoms with E-state index in [9.17, 15) is 29.7 Å². The first kappa shape index (κ1) is 21.8. The summed E-state index contributed by atoms with van der Waals surface area (Å²) in [5.74, 6) is -3.46. The smallest absolute Gasteiger partial charge is 0.255 e. The maximum Gasteiger partial charge on any atom is 0.255 e. The molecule has 5 unspecified atom stereocenters. The minimum absolute atomic E-state index is 0.0222. The van der Waals surface area contributed by atoms with Crippen molar-refractivity contribution in [2.75, 3.05) is 19.0 Å². The molecule has 8 nitrogen and oxygen atoms in total. The number of hydrogen-bond donors (Lipinski definition) is 4. The highest BCUT2D eigenvalue weighted by molar-refractivity contribution is 6.19. The lowest BCUT2D eigenvalue weighted by molar-refractivity contribution is -0.126. The fourth-order valence-electron chi connectivity index (χ4n) is 5.08. The van der Waals surface area contributed by atoms with Crippen molar-refractivity contribution in [1.29, 1.82) is 0 Å². The van der Waals surface area contributed by atoms with Gasteiger partial charge in [0.05, 0.1) is 11.7 Å². The molecule has 0 radical (unpaired) electrons. The zero-order valence-electron chi connectivity index (χ0n) is 17.3. The van der Waals surface area contributed by atoms with Gasteiger partial charge in [-0.25, -0.2) is 0 Å². The van der Waals surface area contributed by atoms with E-state index < -0.39 is 35.0 Å². The summed E-state index contributed by atoms with van der Waals surface area (Å²) in [4.78, 5) is 37.5. The van der Waals surface area contributed by atoms with Crippen LogP contribution in [0.15, 0.2) is 23.5 Å². The third kappa shape index (κ3) is 3.56. The molecule has 0 bridgehead atoms. The Hall–Kier alpha value is -2.87. The average molecular weight is 416 g/mol. The number of phenolic OH excluding ortho intramolecular Hbond substituents is 1. The molecule has 5 N–H and O–H groups in total. The molecule has 0 aromatic heterocycles. The van der Waals surface area contributed by atoms with Crippen molar-refractivity contribution in [2.45, 2.75) is 32.3 Å². The van der Waals surface area contributed by atoms with Crippen molar-refractivity contribution in [2.24, 2.45) is 29.4 Å². The molecule has 5 atom stereocenters. The Kier molecular flexibility index (Phi) is 5.90. The van der Waals surface area contributed by atoms with Crippen LogP contribution in [0.2, 0.25) is 0 Å². The maximum atomic E-state index is 12.4. The molecular formula is C22H28N2O6. The highest BCUT2D eigenvalue weighted by Gasteiger charge is 2.49. The second-order valence-electron chi connectivity index (χ2n) is 8.60. The number of Topliss-reactive ketones (excluding diaryl/α,β-unsaturated/α-hetero) is 1. The Morgan fingerprint density at radius 3 is 2.53 bits per heavy atom. The van der Waals surface area contributed by atoms with Crippen molar-refractivity contribution >= 4 is 23.7 Å². The van der Waals surface area contributed by atoms with Crippen LogP contribution >= 0.6 is 0 Å². The first-order valence-corrected chi connectivity index (χ1v) is 9.99. The lowest BCUT2D eigenvalue weighted by atomic mass is 9.61. The number of primary amides is 1. The van der Waals surface area contributed by atoms with Gasteiger partial charge in [0, 0.05) is 32.1 Å². The summed E-state index contributed by atoms with van der Waals surface area (Å²) in [5, 5.41) is 31.6. The molecule has 8 heteroatoms. The fraction of sp³-hybridized carbons (Fsp3) is 0.500. The van der Waals surface area contributed by atoms with Crippen molar-refractivity contribution in [3.05, 3.63) is 34.6 Å². The van der Waals surface area contributed by atoms with Gasteiger partial charge in [0.15, 0.2) is 12.1 Å². The molecule has 2 aliphatic carbocycles. The normalized spacial score (nSPS) is 28.8. The van der Waals surface area contributed by atoms with E-state index in [0.29, 0.717) is 24.7 Å². The molecule has 0 aliphatic heterocycles. The minimum atomic E-state index is -0.982. The van der Waals surface area contributed by atoms with E-state index in [2.05, 4.69) is 0 Å². The monoisotopic (exact) mass is 416 g/mol. The second-order valence-corrected chi connectivity index (χ2v) is 8.60. The number of carbonyl (C=O) groups is 3. The Morgan fingerprint density at radius 2 is 1.97 bits per heavy atom. The highest BCUT2D eigenvalue weighted by atomic mass is 16.3. The minimum Gasteiger partial charge on any atom is -0.511 e. The molecular weight excluding hydrogens is 388 g/mol. The van der Waals surface area contributed by atoms with Gasteiger partial charge in [-0.15, -0.1) is 0 Å². The summed E-state index contributed by atoms with van der Waals surface area (Å²) in [6, 6.07) is 3.22. The summed E-state index contributed by atoms with van der Waals surface area (Å²) in [7, 11) is 3.68. The zero-order chi connectivity index (χ0) is 22.3. The number of carbonyl (C=O) groups excluding carboxylic acids is 3. The number of aldehydes is 1. The molecule has 0 spiro atoms. The average Bonchev–Trinajstić information content (AvgIpc) is 2.65. The Balaban J connectivity index is 1.97. The largest absolute Gasteiger partial charge is 0.511 e. The number of ketones is 1. The summed E-state index contributed by atoms with van der Waals surface area (Å²) in [6.07, 6.45) is 0.608. The third-order valence-electron chi connectivity index (χ3n) is 6.68. The molecule has 162 valence electrons. The van der Waals surface area contributed by atoms with Crippen LogP contribution < -0.4 is 10.6 Å². The third-order valence-corrected chi connectivity index (χ3v) is 6.68. The number of benzene rings is 1. The van der Waals surface area contributed by atoms with Gasteiger partial charge in [-0.05, 0) is 48.3 Å². The number of nitrogens with two attached hydrogens (primary N) is 1. The number of aliphatic hydroxyl groups is 2. The van der Waals surface area contributed by atoms with E-state index >= 15 is 0 Å². The predicted octanol–water partition coefficient (Wildman–Crippen LogP) is 1.33. The molecule has 1 amide bonds. The lowest BCUT2D eigenvalue weighted by Crippen LogP contribution is -2.48. The number of aliphatic hydroxyl groups excluding tert-OH is 2. The number of amides is 1. The van der Waals surface area contributed by atoms with E-state index in [1.54, 1.807) is 6.07 Å². The number of nitrogens with zero attached hydrogens (tertiary/aromatic N) is 1. The Morgan fingerprint density at radius 1 is 1.30 bits per heavy atom. The van der Waals surface area contributed by atoms with Crippen LogP contribution in [-0.4, -0.2) is 53.5 Å². The maximum absolute atomic E-state index is 12.4. The van der Waals surface area contributed by atoms with Gasteiger partial charge in [-0.3, -0.25) is 14.4 Å². The number of phenols is 1. The number of hydrogen-bond acceptors (Lipinski definition) is 7. The molecule has 30 heavy (non-hydrogen) atoms. The highest BCUT2D eigenvalue weighted by Crippen LogP contribution is 2.48. The van der Waals surface area contributed by atoms with Crippen molar-refractivity contribution < 1.29 is 29.7 Å². The quantitative estimate of drug-likeness (QED) is 0.419. The summed E-state index contributed by atoms with van der Waals surface area (Å²) >= 11 is 0. The van der Waals surface area contributed by atoms with Crippen LogP contribution in [0.5, 0.6) is 5.75 Å². The molecule has 2 aliphatic rings. The Labute approximate surface area is 175 Å². The standard InChI is InChI=1S/C22H28N2O6/c1-10-11(7-13-14(9-25)16(26)5-4-15(13)24(2)3)6-12-8-17(27)19(22(23)30)21(29)18(12)20(10)28/h4-5,9-12,18,20,26,28-29H,6-8H2,1-3H3,(H2,23,30). The van der Waals surface area contributed by atoms with Gasteiger partial charge in [0.25, 0.3) is 5.91 Å². The molecule has 0 saturated heterocycles. The van der Waals surface area contributed by atoms with Crippen LogP contribution in [0.1, 0.15) is 35.7 Å². The van der Waals surface area contributed by atoms with Crippen LogP contribution in [0.4, 0.5) is 5.69 Å². The van der Waals surface area contributed by atoms with Gasteiger partial charge < -0.3 is 26.0 Å². The molecule has 1 aromatic carbocycles. The van der Waals surface area contributed by atoms with Gasteiger partial charge in [-0.1, -0.05) is 6.92 Å². The summed E-state index contributed by atoms with van der Waals surface area (Å²) in [6.45, 7) is 1.85. The van der Waals surface area contributed by atoms with E-state index in [1.807, 2.05) is 25.9 Å². The number of aromatic hydroxyl groups is 1. The fourth-order valence-corrected chi connectivity index (χ4v) is 5.08. The van der Waals surface area contributed by atoms with Gasteiger partial charge in [0.2, 0.25) is 0 Å². The second kappa shape index (κ2) is 8.10. The van der Waals surface area contributed by atoms with Crippen molar-refractivity contribution in [1.82, 2.24) is 0 Å². The Bertz CT molecular complexity index is 922. The van der Waals surface area contributed by atoms with Crippen molar-refractivity contribution in [3.8, 4) is 5.75 Å². The van der Waals surface area contributed by atoms with E-state index in [4.69, 9.17) is 5.73 Å². The molecule has 1 fully saturated rings. The SMILES string of the molecule is CC1C(Cc2c(N(C)C)ccc(O)c2C=O)CC2CC(=O)C(C(N)=O)=C(O)C2C1O. The van der Waals surface area contributed by atoms with E-state index in [0.717, 1.165) is 5.69 Å². The zero-order valence-corrected chi connectivity index (χ0v) is 17.3. The number of rotatable bonds is 5. The number of fused-ring (bicyclic) bond motifs is 1. The van der Waals surface area contributed by atoms with Gasteiger partial charge in [0.1, 0.15) is 17.1 Å². The van der Waals surface area contributed by atoms with Crippen LogP contribution in [-0.2, 0) is 16.0 Å².